The summed E-state index contributed by atoms with van der Waals surface area (Å²) in [4.78, 5) is 0. The van der Waals surface area contributed by atoms with E-state index in [2.05, 4.69) is 39.4 Å². The maximum absolute atomic E-state index is 6.25. The zero-order chi connectivity index (χ0) is 14.8. The van der Waals surface area contributed by atoms with E-state index in [1.165, 1.54) is 15.6 Å². The van der Waals surface area contributed by atoms with Gasteiger partial charge in [0.1, 0.15) is 5.75 Å². The topological polar surface area (TPSA) is 21.3 Å². The van der Waals surface area contributed by atoms with Gasteiger partial charge >= 0.3 is 0 Å². The number of rotatable bonds is 4. The van der Waals surface area contributed by atoms with Crippen molar-refractivity contribution >= 4 is 33.2 Å². The fourth-order valence-corrected chi connectivity index (χ4v) is 3.64. The van der Waals surface area contributed by atoms with Crippen LogP contribution in [0.2, 0.25) is 5.02 Å². The van der Waals surface area contributed by atoms with Crippen LogP contribution in [0.4, 0.5) is 5.69 Å². The molecule has 0 heterocycles. The van der Waals surface area contributed by atoms with Crippen LogP contribution >= 0.6 is 27.5 Å². The molecule has 1 N–H and O–H groups in total. The van der Waals surface area contributed by atoms with E-state index in [0.29, 0.717) is 17.7 Å². The minimum absolute atomic E-state index is 0.339. The lowest BCUT2D eigenvalue weighted by molar-refractivity contribution is 0.340. The Kier molecular flexibility index (Phi) is 4.41. The predicted octanol–water partition coefficient (Wildman–Crippen LogP) is 5.60. The Bertz CT molecular complexity index is 659. The molecule has 3 rings (SSSR count). The van der Waals surface area contributed by atoms with Crippen molar-refractivity contribution in [2.45, 2.75) is 25.8 Å². The Balaban J connectivity index is 1.80. The van der Waals surface area contributed by atoms with Crippen molar-refractivity contribution in [2.24, 2.45) is 0 Å². The van der Waals surface area contributed by atoms with Gasteiger partial charge in [-0.1, -0.05) is 39.7 Å². The summed E-state index contributed by atoms with van der Waals surface area (Å²) in [6.45, 7) is 2.58. The van der Waals surface area contributed by atoms with Gasteiger partial charge in [0.25, 0.3) is 0 Å². The quantitative estimate of drug-likeness (QED) is 0.760. The molecule has 0 aromatic heterocycles. The smallest absolute Gasteiger partial charge is 0.138 e. The number of halogens is 2. The summed E-state index contributed by atoms with van der Waals surface area (Å²) in [5.74, 6) is 0.735. The van der Waals surface area contributed by atoms with Gasteiger partial charge in [-0.05, 0) is 55.2 Å². The fraction of sp³-hybridized carbons (Fsp3) is 0.294. The number of hydrogen-bond donors (Lipinski definition) is 1. The van der Waals surface area contributed by atoms with Crippen molar-refractivity contribution in [3.05, 3.63) is 57.0 Å². The predicted molar refractivity (Wildman–Crippen MR) is 91.4 cm³/mol. The minimum atomic E-state index is 0.339. The SMILES string of the molecule is CCOc1ccc(NC2CCc3c(Br)cccc32)cc1Cl. The fourth-order valence-electron chi connectivity index (χ4n) is 2.82. The van der Waals surface area contributed by atoms with Crippen LogP contribution in [0.5, 0.6) is 5.75 Å². The highest BCUT2D eigenvalue weighted by atomic mass is 79.9. The number of hydrogen-bond acceptors (Lipinski definition) is 2. The zero-order valence-corrected chi connectivity index (χ0v) is 14.2. The van der Waals surface area contributed by atoms with E-state index in [1.54, 1.807) is 0 Å². The van der Waals surface area contributed by atoms with Gasteiger partial charge in [0.05, 0.1) is 17.7 Å². The molecule has 0 radical (unpaired) electrons. The number of fused-ring (bicyclic) bond motifs is 1. The Hall–Kier alpha value is -1.19. The minimum Gasteiger partial charge on any atom is -0.492 e. The normalized spacial score (nSPS) is 16.6. The van der Waals surface area contributed by atoms with Crippen LogP contribution in [-0.2, 0) is 6.42 Å². The summed E-state index contributed by atoms with van der Waals surface area (Å²) >= 11 is 9.88. The lowest BCUT2D eigenvalue weighted by Gasteiger charge is -2.17. The second kappa shape index (κ2) is 6.29. The summed E-state index contributed by atoms with van der Waals surface area (Å²) in [5, 5.41) is 4.22. The van der Waals surface area contributed by atoms with Gasteiger partial charge in [-0.3, -0.25) is 0 Å². The van der Waals surface area contributed by atoms with E-state index in [1.807, 2.05) is 25.1 Å². The second-order valence-corrected chi connectivity index (χ2v) is 6.38. The standard InChI is InChI=1S/C17H17BrClNO/c1-2-21-17-9-6-11(10-15(17)19)20-16-8-7-12-13(16)4-3-5-14(12)18/h3-6,9-10,16,20H,2,7-8H2,1H3. The Morgan fingerprint density at radius 1 is 1.33 bits per heavy atom. The molecular weight excluding hydrogens is 350 g/mol. The number of benzene rings is 2. The van der Waals surface area contributed by atoms with Gasteiger partial charge in [-0.15, -0.1) is 0 Å². The molecule has 21 heavy (non-hydrogen) atoms. The molecule has 0 aliphatic heterocycles. The van der Waals surface area contributed by atoms with Gasteiger partial charge in [0, 0.05) is 10.2 Å². The molecule has 1 unspecified atom stereocenters. The van der Waals surface area contributed by atoms with Crippen molar-refractivity contribution < 1.29 is 4.74 Å². The number of nitrogens with one attached hydrogen (secondary N) is 1. The first kappa shape index (κ1) is 14.7. The van der Waals surface area contributed by atoms with Crippen LogP contribution in [0.25, 0.3) is 0 Å². The van der Waals surface area contributed by atoms with Gasteiger partial charge in [0.15, 0.2) is 0 Å². The Morgan fingerprint density at radius 2 is 2.19 bits per heavy atom. The maximum atomic E-state index is 6.25. The van der Waals surface area contributed by atoms with E-state index in [0.717, 1.165) is 24.3 Å². The molecule has 1 atom stereocenters. The maximum Gasteiger partial charge on any atom is 0.138 e. The first-order chi connectivity index (χ1) is 10.2. The highest BCUT2D eigenvalue weighted by Crippen LogP contribution is 2.38. The molecule has 1 aliphatic rings. The largest absolute Gasteiger partial charge is 0.492 e. The highest BCUT2D eigenvalue weighted by molar-refractivity contribution is 9.10. The molecule has 0 spiro atoms. The lowest BCUT2D eigenvalue weighted by Crippen LogP contribution is -2.07. The molecule has 2 aromatic rings. The summed E-state index contributed by atoms with van der Waals surface area (Å²) in [7, 11) is 0. The average molecular weight is 367 g/mol. The van der Waals surface area contributed by atoms with Crippen molar-refractivity contribution in [2.75, 3.05) is 11.9 Å². The molecular formula is C17H17BrClNO. The zero-order valence-electron chi connectivity index (χ0n) is 11.8. The van der Waals surface area contributed by atoms with Gasteiger partial charge in [0.2, 0.25) is 0 Å². The molecule has 4 heteroatoms. The summed E-state index contributed by atoms with van der Waals surface area (Å²) in [6, 6.07) is 12.6. The van der Waals surface area contributed by atoms with Gasteiger partial charge in [-0.25, -0.2) is 0 Å². The number of ether oxygens (including phenoxy) is 1. The monoisotopic (exact) mass is 365 g/mol. The molecule has 0 saturated carbocycles. The van der Waals surface area contributed by atoms with Crippen molar-refractivity contribution in [3.8, 4) is 5.75 Å². The molecule has 0 amide bonds. The third-order valence-electron chi connectivity index (χ3n) is 3.79. The highest BCUT2D eigenvalue weighted by Gasteiger charge is 2.23. The first-order valence-electron chi connectivity index (χ1n) is 7.15. The van der Waals surface area contributed by atoms with Gasteiger partial charge < -0.3 is 10.1 Å². The molecule has 1 aliphatic carbocycles. The summed E-state index contributed by atoms with van der Waals surface area (Å²) in [5.41, 5.74) is 3.81. The lowest BCUT2D eigenvalue weighted by atomic mass is 10.1. The molecule has 2 nitrogen and oxygen atoms in total. The first-order valence-corrected chi connectivity index (χ1v) is 8.32. The Morgan fingerprint density at radius 3 is 2.95 bits per heavy atom. The summed E-state index contributed by atoms with van der Waals surface area (Å²) < 4.78 is 6.67. The van der Waals surface area contributed by atoms with Crippen LogP contribution in [0.1, 0.15) is 30.5 Å². The Labute approximate surface area is 138 Å². The van der Waals surface area contributed by atoms with Crippen LogP contribution in [0, 0.1) is 0 Å². The van der Waals surface area contributed by atoms with Crippen molar-refractivity contribution in [1.29, 1.82) is 0 Å². The van der Waals surface area contributed by atoms with Crippen LogP contribution in [-0.4, -0.2) is 6.61 Å². The molecule has 0 bridgehead atoms. The van der Waals surface area contributed by atoms with E-state index in [-0.39, 0.29) is 0 Å². The molecule has 0 fully saturated rings. The van der Waals surface area contributed by atoms with E-state index >= 15 is 0 Å². The van der Waals surface area contributed by atoms with E-state index in [9.17, 15) is 0 Å². The van der Waals surface area contributed by atoms with Crippen LogP contribution in [0.3, 0.4) is 0 Å². The molecule has 2 aromatic carbocycles. The summed E-state index contributed by atoms with van der Waals surface area (Å²) in [6.07, 6.45) is 2.20. The second-order valence-electron chi connectivity index (χ2n) is 5.12. The third-order valence-corrected chi connectivity index (χ3v) is 4.82. The van der Waals surface area contributed by atoms with Crippen LogP contribution in [0.15, 0.2) is 40.9 Å². The third kappa shape index (κ3) is 3.04. The van der Waals surface area contributed by atoms with Crippen LogP contribution < -0.4 is 10.1 Å². The molecule has 0 saturated heterocycles. The van der Waals surface area contributed by atoms with E-state index in [4.69, 9.17) is 16.3 Å². The molecule has 110 valence electrons. The van der Waals surface area contributed by atoms with Crippen molar-refractivity contribution in [1.82, 2.24) is 0 Å². The van der Waals surface area contributed by atoms with Gasteiger partial charge in [-0.2, -0.15) is 0 Å². The van der Waals surface area contributed by atoms with Crippen molar-refractivity contribution in [3.63, 3.8) is 0 Å². The average Bonchev–Trinajstić information content (AvgIpc) is 2.87. The number of anilines is 1. The van der Waals surface area contributed by atoms with E-state index < -0.39 is 0 Å².